The molecule has 0 aliphatic carbocycles. The molecule has 0 unspecified atom stereocenters. The van der Waals surface area contributed by atoms with Crippen LogP contribution < -0.4 is 10.6 Å². The summed E-state index contributed by atoms with van der Waals surface area (Å²) in [6.45, 7) is 4.53. The number of nitrogens with one attached hydrogen (secondary N) is 2. The quantitative estimate of drug-likeness (QED) is 0.811. The Kier molecular flexibility index (Phi) is 6.98. The van der Waals surface area contributed by atoms with Crippen LogP contribution in [0.4, 0.5) is 18.0 Å². The molecular formula is C12H18F3N3O3. The van der Waals surface area contributed by atoms with Crippen LogP contribution in [0.25, 0.3) is 0 Å². The number of nitriles is 1. The maximum absolute atomic E-state index is 12.7. The van der Waals surface area contributed by atoms with Gasteiger partial charge in [-0.3, -0.25) is 4.79 Å². The zero-order chi connectivity index (χ0) is 16.7. The number of rotatable bonds is 5. The van der Waals surface area contributed by atoms with Crippen LogP contribution >= 0.6 is 0 Å². The number of carbonyl (C=O) groups is 2. The summed E-state index contributed by atoms with van der Waals surface area (Å²) in [4.78, 5) is 22.3. The van der Waals surface area contributed by atoms with E-state index in [0.29, 0.717) is 0 Å². The van der Waals surface area contributed by atoms with Crippen LogP contribution in [0.15, 0.2) is 0 Å². The minimum absolute atomic E-state index is 0.327. The molecule has 0 rings (SSSR count). The molecular weight excluding hydrogens is 291 g/mol. The van der Waals surface area contributed by atoms with Crippen molar-refractivity contribution in [3.63, 3.8) is 0 Å². The molecule has 0 fully saturated rings. The number of nitrogens with zero attached hydrogens (tertiary/aromatic N) is 1. The lowest BCUT2D eigenvalue weighted by molar-refractivity contribution is -0.162. The Morgan fingerprint density at radius 2 is 1.86 bits per heavy atom. The molecule has 0 aliphatic heterocycles. The van der Waals surface area contributed by atoms with Gasteiger partial charge in [0, 0.05) is 6.54 Å². The zero-order valence-electron chi connectivity index (χ0n) is 12.0. The number of amides is 2. The molecule has 0 aromatic carbocycles. The Morgan fingerprint density at radius 1 is 1.29 bits per heavy atom. The van der Waals surface area contributed by atoms with Gasteiger partial charge < -0.3 is 15.4 Å². The molecule has 0 aromatic rings. The van der Waals surface area contributed by atoms with Gasteiger partial charge in [0.15, 0.2) is 0 Å². The Bertz CT molecular complexity index is 411. The van der Waals surface area contributed by atoms with E-state index in [9.17, 15) is 22.8 Å². The molecule has 0 saturated heterocycles. The first-order valence-corrected chi connectivity index (χ1v) is 6.15. The van der Waals surface area contributed by atoms with Gasteiger partial charge in [-0.1, -0.05) is 0 Å². The third-order valence-electron chi connectivity index (χ3n) is 2.07. The Labute approximate surface area is 120 Å². The Balaban J connectivity index is 4.36. The van der Waals surface area contributed by atoms with Gasteiger partial charge >= 0.3 is 12.3 Å². The first-order chi connectivity index (χ1) is 9.45. The van der Waals surface area contributed by atoms with Crippen molar-refractivity contribution < 1.29 is 27.5 Å². The highest BCUT2D eigenvalue weighted by atomic mass is 19.4. The Morgan fingerprint density at radius 3 is 2.29 bits per heavy atom. The molecule has 9 heteroatoms. The van der Waals surface area contributed by atoms with Gasteiger partial charge in [-0.2, -0.15) is 18.4 Å². The molecule has 0 radical (unpaired) electrons. The molecule has 0 aromatic heterocycles. The monoisotopic (exact) mass is 309 g/mol. The van der Waals surface area contributed by atoms with Crippen LogP contribution in [0.1, 0.15) is 33.6 Å². The SMILES string of the molecule is CC(C)(C)OC(=O)NCC[C@H](NC(=O)CC#N)C(F)(F)F. The molecule has 120 valence electrons. The number of carbonyl (C=O) groups excluding carboxylic acids is 2. The third kappa shape index (κ3) is 9.54. The first-order valence-electron chi connectivity index (χ1n) is 6.15. The van der Waals surface area contributed by atoms with E-state index in [-0.39, 0.29) is 6.54 Å². The van der Waals surface area contributed by atoms with Crippen molar-refractivity contribution >= 4 is 12.0 Å². The highest BCUT2D eigenvalue weighted by Gasteiger charge is 2.40. The first kappa shape index (κ1) is 19.0. The van der Waals surface area contributed by atoms with Crippen molar-refractivity contribution in [2.75, 3.05) is 6.54 Å². The van der Waals surface area contributed by atoms with Crippen LogP contribution in [-0.4, -0.2) is 36.4 Å². The maximum Gasteiger partial charge on any atom is 0.408 e. The number of hydrogen-bond donors (Lipinski definition) is 2. The van der Waals surface area contributed by atoms with Gasteiger partial charge in [0.05, 0.1) is 6.07 Å². The fourth-order valence-corrected chi connectivity index (χ4v) is 1.27. The van der Waals surface area contributed by atoms with Gasteiger partial charge in [-0.25, -0.2) is 4.79 Å². The normalized spacial score (nSPS) is 13.0. The lowest BCUT2D eigenvalue weighted by Crippen LogP contribution is -2.47. The molecule has 1 atom stereocenters. The summed E-state index contributed by atoms with van der Waals surface area (Å²) in [7, 11) is 0. The summed E-state index contributed by atoms with van der Waals surface area (Å²) >= 11 is 0. The smallest absolute Gasteiger partial charge is 0.408 e. The summed E-state index contributed by atoms with van der Waals surface area (Å²) in [6.07, 6.45) is -6.72. The highest BCUT2D eigenvalue weighted by Crippen LogP contribution is 2.22. The van der Waals surface area contributed by atoms with E-state index in [2.05, 4.69) is 5.32 Å². The third-order valence-corrected chi connectivity index (χ3v) is 2.07. The molecule has 0 spiro atoms. The van der Waals surface area contributed by atoms with Crippen LogP contribution in [-0.2, 0) is 9.53 Å². The van der Waals surface area contributed by atoms with Gasteiger partial charge in [0.1, 0.15) is 18.1 Å². The van der Waals surface area contributed by atoms with Crippen molar-refractivity contribution in [1.82, 2.24) is 10.6 Å². The molecule has 21 heavy (non-hydrogen) atoms. The van der Waals surface area contributed by atoms with Gasteiger partial charge in [-0.05, 0) is 27.2 Å². The summed E-state index contributed by atoms with van der Waals surface area (Å²) < 4.78 is 42.9. The number of alkyl halides is 3. The van der Waals surface area contributed by atoms with Gasteiger partial charge in [0.25, 0.3) is 0 Å². The van der Waals surface area contributed by atoms with Crippen LogP contribution in [0.2, 0.25) is 0 Å². The zero-order valence-corrected chi connectivity index (χ0v) is 12.0. The van der Waals surface area contributed by atoms with Crippen LogP contribution in [0.3, 0.4) is 0 Å². The Hall–Kier alpha value is -1.98. The number of hydrogen-bond acceptors (Lipinski definition) is 4. The molecule has 6 nitrogen and oxygen atoms in total. The molecule has 0 bridgehead atoms. The summed E-state index contributed by atoms with van der Waals surface area (Å²) in [5, 5.41) is 12.1. The predicted octanol–water partition coefficient (Wildman–Crippen LogP) is 1.86. The van der Waals surface area contributed by atoms with Crippen molar-refractivity contribution in [3.8, 4) is 6.07 Å². The second kappa shape index (κ2) is 7.71. The van der Waals surface area contributed by atoms with E-state index in [0.717, 1.165) is 0 Å². The van der Waals surface area contributed by atoms with E-state index in [1.807, 2.05) is 0 Å². The minimum Gasteiger partial charge on any atom is -0.444 e. The van der Waals surface area contributed by atoms with Crippen molar-refractivity contribution in [2.45, 2.75) is 51.4 Å². The summed E-state index contributed by atoms with van der Waals surface area (Å²) in [5.41, 5.74) is -0.755. The van der Waals surface area contributed by atoms with Crippen molar-refractivity contribution in [1.29, 1.82) is 5.26 Å². The van der Waals surface area contributed by atoms with E-state index >= 15 is 0 Å². The minimum atomic E-state index is -4.67. The highest BCUT2D eigenvalue weighted by molar-refractivity contribution is 5.78. The van der Waals surface area contributed by atoms with E-state index in [1.54, 1.807) is 26.1 Å². The van der Waals surface area contributed by atoms with Gasteiger partial charge in [-0.15, -0.1) is 0 Å². The molecule has 0 saturated carbocycles. The largest absolute Gasteiger partial charge is 0.444 e. The molecule has 0 heterocycles. The van der Waals surface area contributed by atoms with E-state index < -0.39 is 42.7 Å². The van der Waals surface area contributed by atoms with E-state index in [4.69, 9.17) is 10.00 Å². The fraction of sp³-hybridized carbons (Fsp3) is 0.750. The molecule has 2 amide bonds. The maximum atomic E-state index is 12.7. The summed E-state index contributed by atoms with van der Waals surface area (Å²) in [5.74, 6) is -1.02. The average molecular weight is 309 g/mol. The average Bonchev–Trinajstić information content (AvgIpc) is 2.24. The lowest BCUT2D eigenvalue weighted by atomic mass is 10.2. The van der Waals surface area contributed by atoms with E-state index in [1.165, 1.54) is 6.07 Å². The lowest BCUT2D eigenvalue weighted by Gasteiger charge is -2.22. The van der Waals surface area contributed by atoms with Crippen LogP contribution in [0, 0.1) is 11.3 Å². The summed E-state index contributed by atoms with van der Waals surface area (Å²) in [6, 6.07) is -0.676. The second-order valence-corrected chi connectivity index (χ2v) is 5.21. The predicted molar refractivity (Wildman–Crippen MR) is 67.1 cm³/mol. The van der Waals surface area contributed by atoms with Gasteiger partial charge in [0.2, 0.25) is 5.91 Å². The molecule has 0 aliphatic rings. The van der Waals surface area contributed by atoms with Crippen LogP contribution in [0.5, 0.6) is 0 Å². The number of halogens is 3. The standard InChI is InChI=1S/C12H18F3N3O3/c1-11(2,3)21-10(20)17-7-5-8(12(13,14)15)18-9(19)4-6-16/h8H,4-5,7H2,1-3H3,(H,17,20)(H,18,19)/t8-/m0/s1. The fourth-order valence-electron chi connectivity index (χ4n) is 1.27. The number of alkyl carbamates (subject to hydrolysis) is 1. The topological polar surface area (TPSA) is 91.2 Å². The number of ether oxygens (including phenoxy) is 1. The molecule has 2 N–H and O–H groups in total. The second-order valence-electron chi connectivity index (χ2n) is 5.21. The van der Waals surface area contributed by atoms with Crippen molar-refractivity contribution in [2.24, 2.45) is 0 Å². The van der Waals surface area contributed by atoms with Crippen molar-refractivity contribution in [3.05, 3.63) is 0 Å².